The number of Topliss-reactive ketones (excluding diaryl/α,β-unsaturated/α-hetero) is 1. The van der Waals surface area contributed by atoms with Crippen molar-refractivity contribution >= 4 is 33.4 Å². The third-order valence-corrected chi connectivity index (χ3v) is 6.15. The highest BCUT2D eigenvalue weighted by molar-refractivity contribution is 7.89. The predicted molar refractivity (Wildman–Crippen MR) is 116 cm³/mol. The van der Waals surface area contributed by atoms with E-state index in [1.807, 2.05) is 6.92 Å². The van der Waals surface area contributed by atoms with Gasteiger partial charge in [0.1, 0.15) is 6.54 Å². The maximum atomic E-state index is 12.6. The Morgan fingerprint density at radius 3 is 2.06 bits per heavy atom. The molecule has 0 spiro atoms. The second-order valence-electron chi connectivity index (χ2n) is 7.31. The SMILES string of the molecule is CC(=O)Nc1ccc(C(=O)[C@@H](C)OC(=O)CNS(=O)(=O)c2c(C)cc(C)cc2C)cc1. The lowest BCUT2D eigenvalue weighted by atomic mass is 10.1. The van der Waals surface area contributed by atoms with Crippen LogP contribution in [-0.4, -0.2) is 38.7 Å². The summed E-state index contributed by atoms with van der Waals surface area (Å²) < 4.78 is 32.6. The van der Waals surface area contributed by atoms with E-state index in [-0.39, 0.29) is 10.8 Å². The van der Waals surface area contributed by atoms with Gasteiger partial charge in [-0.2, -0.15) is 4.72 Å². The van der Waals surface area contributed by atoms with Crippen molar-refractivity contribution in [2.45, 2.75) is 45.6 Å². The zero-order chi connectivity index (χ0) is 23.3. The Morgan fingerprint density at radius 1 is 1.00 bits per heavy atom. The number of hydrogen-bond donors (Lipinski definition) is 2. The molecule has 0 aliphatic heterocycles. The van der Waals surface area contributed by atoms with Crippen LogP contribution in [0.4, 0.5) is 5.69 Å². The van der Waals surface area contributed by atoms with Crippen molar-refractivity contribution in [2.24, 2.45) is 0 Å². The molecule has 166 valence electrons. The molecule has 0 aromatic heterocycles. The molecule has 0 unspecified atom stereocenters. The highest BCUT2D eigenvalue weighted by atomic mass is 32.2. The van der Waals surface area contributed by atoms with Gasteiger partial charge in [-0.1, -0.05) is 17.7 Å². The number of sulfonamides is 1. The Kier molecular flexibility index (Phi) is 7.70. The molecule has 0 radical (unpaired) electrons. The summed E-state index contributed by atoms with van der Waals surface area (Å²) in [7, 11) is -3.93. The first-order valence-corrected chi connectivity index (χ1v) is 11.1. The monoisotopic (exact) mass is 446 g/mol. The second-order valence-corrected chi connectivity index (χ2v) is 9.01. The number of amides is 1. The molecule has 2 rings (SSSR count). The van der Waals surface area contributed by atoms with E-state index in [2.05, 4.69) is 10.0 Å². The van der Waals surface area contributed by atoms with Gasteiger partial charge in [0.2, 0.25) is 21.7 Å². The average Bonchev–Trinajstić information content (AvgIpc) is 2.65. The number of aryl methyl sites for hydroxylation is 3. The Bertz CT molecular complexity index is 1080. The maximum absolute atomic E-state index is 12.6. The van der Waals surface area contributed by atoms with Crippen LogP contribution in [0, 0.1) is 20.8 Å². The largest absolute Gasteiger partial charge is 0.453 e. The van der Waals surface area contributed by atoms with Crippen LogP contribution in [0.1, 0.15) is 40.9 Å². The third kappa shape index (κ3) is 6.47. The van der Waals surface area contributed by atoms with Crippen LogP contribution < -0.4 is 10.0 Å². The van der Waals surface area contributed by atoms with Crippen molar-refractivity contribution in [1.82, 2.24) is 4.72 Å². The Balaban J connectivity index is 1.99. The van der Waals surface area contributed by atoms with Crippen molar-refractivity contribution < 1.29 is 27.5 Å². The first-order chi connectivity index (χ1) is 14.4. The number of rotatable bonds is 8. The molecular formula is C22H26N2O6S. The van der Waals surface area contributed by atoms with E-state index in [4.69, 9.17) is 4.74 Å². The molecule has 0 saturated heterocycles. The fraction of sp³-hybridized carbons (Fsp3) is 0.318. The van der Waals surface area contributed by atoms with E-state index < -0.39 is 34.4 Å². The summed E-state index contributed by atoms with van der Waals surface area (Å²) in [6.45, 7) is 7.41. The summed E-state index contributed by atoms with van der Waals surface area (Å²) >= 11 is 0. The van der Waals surface area contributed by atoms with Crippen molar-refractivity contribution in [3.05, 3.63) is 58.7 Å². The first kappa shape index (κ1) is 24.2. The minimum atomic E-state index is -3.93. The number of carbonyl (C=O) groups excluding carboxylic acids is 3. The quantitative estimate of drug-likeness (QED) is 0.475. The number of esters is 1. The third-order valence-electron chi connectivity index (χ3n) is 4.45. The Labute approximate surface area is 182 Å². The van der Waals surface area contributed by atoms with Gasteiger partial charge >= 0.3 is 5.97 Å². The molecule has 0 aliphatic carbocycles. The molecule has 31 heavy (non-hydrogen) atoms. The van der Waals surface area contributed by atoms with Gasteiger partial charge in [0.25, 0.3) is 0 Å². The van der Waals surface area contributed by atoms with Gasteiger partial charge in [-0.15, -0.1) is 0 Å². The molecule has 0 heterocycles. The van der Waals surface area contributed by atoms with Gasteiger partial charge in [-0.05, 0) is 63.1 Å². The number of ether oxygens (including phenoxy) is 1. The normalized spacial score (nSPS) is 12.2. The summed E-state index contributed by atoms with van der Waals surface area (Å²) in [5.41, 5.74) is 2.91. The van der Waals surface area contributed by atoms with Crippen molar-refractivity contribution in [3.63, 3.8) is 0 Å². The van der Waals surface area contributed by atoms with Crippen LogP contribution in [0.5, 0.6) is 0 Å². The highest BCUT2D eigenvalue weighted by Crippen LogP contribution is 2.21. The minimum Gasteiger partial charge on any atom is -0.453 e. The molecule has 1 amide bonds. The first-order valence-electron chi connectivity index (χ1n) is 9.59. The molecule has 0 bridgehead atoms. The smallest absolute Gasteiger partial charge is 0.321 e. The summed E-state index contributed by atoms with van der Waals surface area (Å²) in [6, 6.07) is 9.62. The van der Waals surface area contributed by atoms with E-state index in [1.165, 1.54) is 26.0 Å². The van der Waals surface area contributed by atoms with Gasteiger partial charge in [-0.25, -0.2) is 8.42 Å². The van der Waals surface area contributed by atoms with E-state index in [0.717, 1.165) is 5.56 Å². The van der Waals surface area contributed by atoms with Gasteiger partial charge in [-0.3, -0.25) is 14.4 Å². The molecule has 8 nitrogen and oxygen atoms in total. The number of ketones is 1. The molecular weight excluding hydrogens is 420 g/mol. The average molecular weight is 447 g/mol. The van der Waals surface area contributed by atoms with Crippen LogP contribution in [0.3, 0.4) is 0 Å². The molecule has 1 atom stereocenters. The van der Waals surface area contributed by atoms with Gasteiger partial charge in [0, 0.05) is 18.2 Å². The predicted octanol–water partition coefficient (Wildman–Crippen LogP) is 2.66. The number of carbonyl (C=O) groups is 3. The topological polar surface area (TPSA) is 119 Å². The van der Waals surface area contributed by atoms with E-state index >= 15 is 0 Å². The molecule has 2 N–H and O–H groups in total. The number of nitrogens with one attached hydrogen (secondary N) is 2. The van der Waals surface area contributed by atoms with E-state index in [1.54, 1.807) is 38.1 Å². The number of benzene rings is 2. The second kappa shape index (κ2) is 9.84. The summed E-state index contributed by atoms with van der Waals surface area (Å²) in [4.78, 5) is 35.7. The standard InChI is InChI=1S/C22H26N2O6S/c1-13-10-14(2)22(15(3)11-13)31(28,29)23-12-20(26)30-16(4)21(27)18-6-8-19(9-7-18)24-17(5)25/h6-11,16,23H,12H2,1-5H3,(H,24,25)/t16-/m1/s1. The lowest BCUT2D eigenvalue weighted by Gasteiger charge is -2.15. The Hall–Kier alpha value is -3.04. The van der Waals surface area contributed by atoms with Gasteiger partial charge in [0.05, 0.1) is 4.90 Å². The zero-order valence-electron chi connectivity index (χ0n) is 18.1. The maximum Gasteiger partial charge on any atom is 0.321 e. The Morgan fingerprint density at radius 2 is 1.55 bits per heavy atom. The highest BCUT2D eigenvalue weighted by Gasteiger charge is 2.23. The van der Waals surface area contributed by atoms with Crippen LogP contribution in [0.15, 0.2) is 41.3 Å². The molecule has 0 saturated carbocycles. The van der Waals surface area contributed by atoms with Gasteiger partial charge < -0.3 is 10.1 Å². The minimum absolute atomic E-state index is 0.120. The molecule has 9 heteroatoms. The molecule has 0 fully saturated rings. The van der Waals surface area contributed by atoms with Crippen LogP contribution in [0.2, 0.25) is 0 Å². The van der Waals surface area contributed by atoms with E-state index in [9.17, 15) is 22.8 Å². The van der Waals surface area contributed by atoms with Crippen LogP contribution in [0.25, 0.3) is 0 Å². The molecule has 2 aromatic carbocycles. The van der Waals surface area contributed by atoms with Crippen molar-refractivity contribution in [3.8, 4) is 0 Å². The van der Waals surface area contributed by atoms with E-state index in [0.29, 0.717) is 22.4 Å². The van der Waals surface area contributed by atoms with Crippen molar-refractivity contribution in [2.75, 3.05) is 11.9 Å². The summed E-state index contributed by atoms with van der Waals surface area (Å²) in [6.07, 6.45) is -1.11. The molecule has 2 aromatic rings. The van der Waals surface area contributed by atoms with Gasteiger partial charge in [0.15, 0.2) is 6.10 Å². The van der Waals surface area contributed by atoms with Crippen molar-refractivity contribution in [1.29, 1.82) is 0 Å². The molecule has 0 aliphatic rings. The zero-order valence-corrected chi connectivity index (χ0v) is 18.9. The fourth-order valence-electron chi connectivity index (χ4n) is 3.26. The lowest BCUT2D eigenvalue weighted by molar-refractivity contribution is -0.144. The summed E-state index contributed by atoms with van der Waals surface area (Å²) in [5.74, 6) is -1.56. The number of anilines is 1. The van der Waals surface area contributed by atoms with Crippen LogP contribution >= 0.6 is 0 Å². The number of hydrogen-bond acceptors (Lipinski definition) is 6. The fourth-order valence-corrected chi connectivity index (χ4v) is 4.68. The lowest BCUT2D eigenvalue weighted by Crippen LogP contribution is -2.34. The summed E-state index contributed by atoms with van der Waals surface area (Å²) in [5, 5.41) is 2.59. The van der Waals surface area contributed by atoms with Crippen LogP contribution in [-0.2, 0) is 24.3 Å².